The first kappa shape index (κ1) is 19.0. The fraction of sp³-hybridized carbons (Fsp3) is 0.556. The lowest BCUT2D eigenvalue weighted by Crippen LogP contribution is -2.53. The first-order chi connectivity index (χ1) is 12.7. The molecule has 1 aromatic carbocycles. The van der Waals surface area contributed by atoms with Crippen molar-refractivity contribution in [3.8, 4) is 5.75 Å². The van der Waals surface area contributed by atoms with E-state index >= 15 is 0 Å². The minimum Gasteiger partial charge on any atom is -0.495 e. The van der Waals surface area contributed by atoms with Crippen molar-refractivity contribution in [2.45, 2.75) is 6.10 Å². The van der Waals surface area contributed by atoms with Crippen molar-refractivity contribution in [2.24, 2.45) is 0 Å². The van der Waals surface area contributed by atoms with Crippen molar-refractivity contribution >= 4 is 29.3 Å². The van der Waals surface area contributed by atoms with Gasteiger partial charge in [-0.15, -0.1) is 0 Å². The number of ether oxygens (including phenoxy) is 2. The van der Waals surface area contributed by atoms with Crippen LogP contribution in [-0.4, -0.2) is 85.7 Å². The predicted molar refractivity (Wildman–Crippen MR) is 102 cm³/mol. The molecule has 2 aliphatic heterocycles. The number of carbonyl (C=O) groups is 2. The normalized spacial score (nSPS) is 21.3. The van der Waals surface area contributed by atoms with E-state index in [1.807, 2.05) is 33.7 Å². The molecule has 0 radical (unpaired) electrons. The zero-order valence-corrected chi connectivity index (χ0v) is 15.8. The number of morpholine rings is 1. The molecule has 1 aromatic rings. The van der Waals surface area contributed by atoms with E-state index in [-0.39, 0.29) is 18.4 Å². The Balaban J connectivity index is 1.52. The summed E-state index contributed by atoms with van der Waals surface area (Å²) in [6, 6.07) is 7.30. The third-order valence-electron chi connectivity index (χ3n) is 4.50. The molecular formula is C18H25N3O4S. The number of hydrogen-bond donors (Lipinski definition) is 1. The van der Waals surface area contributed by atoms with Gasteiger partial charge in [-0.05, 0) is 12.1 Å². The van der Waals surface area contributed by atoms with Gasteiger partial charge in [0.05, 0.1) is 25.9 Å². The Bertz CT molecular complexity index is 637. The summed E-state index contributed by atoms with van der Waals surface area (Å²) in [5.74, 6) is 2.49. The highest BCUT2D eigenvalue weighted by Crippen LogP contribution is 2.23. The molecule has 2 heterocycles. The van der Waals surface area contributed by atoms with E-state index in [1.54, 1.807) is 19.2 Å². The summed E-state index contributed by atoms with van der Waals surface area (Å²) >= 11 is 1.87. The molecule has 2 fully saturated rings. The Hall–Kier alpha value is -1.77. The topological polar surface area (TPSA) is 71.1 Å². The third kappa shape index (κ3) is 4.90. The first-order valence-electron chi connectivity index (χ1n) is 8.80. The fourth-order valence-corrected chi connectivity index (χ4v) is 4.03. The quantitative estimate of drug-likeness (QED) is 0.820. The van der Waals surface area contributed by atoms with E-state index in [9.17, 15) is 9.59 Å². The van der Waals surface area contributed by atoms with Gasteiger partial charge in [0.25, 0.3) is 5.91 Å². The molecule has 0 aromatic heterocycles. The summed E-state index contributed by atoms with van der Waals surface area (Å²) in [6.07, 6.45) is -0.481. The summed E-state index contributed by atoms with van der Waals surface area (Å²) in [5, 5.41) is 2.87. The van der Waals surface area contributed by atoms with Crippen LogP contribution in [0.2, 0.25) is 0 Å². The van der Waals surface area contributed by atoms with Gasteiger partial charge in [-0.2, -0.15) is 11.8 Å². The molecule has 2 saturated heterocycles. The van der Waals surface area contributed by atoms with Gasteiger partial charge in [0, 0.05) is 37.7 Å². The maximum atomic E-state index is 12.6. The van der Waals surface area contributed by atoms with Gasteiger partial charge in [-0.25, -0.2) is 0 Å². The van der Waals surface area contributed by atoms with Gasteiger partial charge in [0.15, 0.2) is 0 Å². The predicted octanol–water partition coefficient (Wildman–Crippen LogP) is 0.910. The highest BCUT2D eigenvalue weighted by molar-refractivity contribution is 7.99. The zero-order chi connectivity index (χ0) is 18.4. The second-order valence-corrected chi connectivity index (χ2v) is 7.51. The molecule has 1 N–H and O–H groups in total. The Morgan fingerprint density at radius 1 is 1.27 bits per heavy atom. The smallest absolute Gasteiger partial charge is 0.253 e. The summed E-state index contributed by atoms with van der Waals surface area (Å²) in [5.41, 5.74) is 0.645. The van der Waals surface area contributed by atoms with E-state index in [4.69, 9.17) is 9.47 Å². The SMILES string of the molecule is COc1ccccc1NC(=O)CN1CCOC(C(=O)N2CCSCC2)C1. The monoisotopic (exact) mass is 379 g/mol. The molecule has 1 unspecified atom stereocenters. The highest BCUT2D eigenvalue weighted by Gasteiger charge is 2.31. The van der Waals surface area contributed by atoms with E-state index in [0.717, 1.165) is 24.6 Å². The fourth-order valence-electron chi connectivity index (χ4n) is 3.12. The van der Waals surface area contributed by atoms with Crippen molar-refractivity contribution in [3.63, 3.8) is 0 Å². The maximum absolute atomic E-state index is 12.6. The third-order valence-corrected chi connectivity index (χ3v) is 5.44. The number of para-hydroxylation sites is 2. The molecule has 0 bridgehead atoms. The molecule has 26 heavy (non-hydrogen) atoms. The first-order valence-corrected chi connectivity index (χ1v) is 9.96. The minimum atomic E-state index is -0.481. The Morgan fingerprint density at radius 3 is 2.81 bits per heavy atom. The van der Waals surface area contributed by atoms with E-state index < -0.39 is 6.10 Å². The number of amides is 2. The standard InChI is InChI=1S/C18H25N3O4S/c1-24-15-5-3-2-4-14(15)19-17(22)13-20-6-9-25-16(12-20)18(23)21-7-10-26-11-8-21/h2-5,16H,6-13H2,1H3,(H,19,22). The van der Waals surface area contributed by atoms with Crippen molar-refractivity contribution < 1.29 is 19.1 Å². The number of hydrogen-bond acceptors (Lipinski definition) is 6. The van der Waals surface area contributed by atoms with Gasteiger partial charge in [-0.1, -0.05) is 12.1 Å². The van der Waals surface area contributed by atoms with Gasteiger partial charge in [0.2, 0.25) is 5.91 Å². The molecule has 0 spiro atoms. The lowest BCUT2D eigenvalue weighted by molar-refractivity contribution is -0.149. The second kappa shape index (κ2) is 9.25. The number of nitrogens with one attached hydrogen (secondary N) is 1. The van der Waals surface area contributed by atoms with Crippen LogP contribution in [0.5, 0.6) is 5.75 Å². The number of benzene rings is 1. The summed E-state index contributed by atoms with van der Waals surface area (Å²) in [6.45, 7) is 3.32. The van der Waals surface area contributed by atoms with Crippen molar-refractivity contribution in [1.29, 1.82) is 0 Å². The Morgan fingerprint density at radius 2 is 2.04 bits per heavy atom. The van der Waals surface area contributed by atoms with Gasteiger partial charge >= 0.3 is 0 Å². The van der Waals surface area contributed by atoms with Gasteiger partial charge in [-0.3, -0.25) is 14.5 Å². The number of methoxy groups -OCH3 is 1. The molecule has 3 rings (SSSR count). The number of carbonyl (C=O) groups excluding carboxylic acids is 2. The van der Waals surface area contributed by atoms with Gasteiger partial charge < -0.3 is 19.7 Å². The largest absolute Gasteiger partial charge is 0.495 e. The van der Waals surface area contributed by atoms with Crippen molar-refractivity contribution in [1.82, 2.24) is 9.80 Å². The summed E-state index contributed by atoms with van der Waals surface area (Å²) in [4.78, 5) is 28.8. The Kier molecular flexibility index (Phi) is 6.76. The van der Waals surface area contributed by atoms with Crippen LogP contribution >= 0.6 is 11.8 Å². The minimum absolute atomic E-state index is 0.0418. The van der Waals surface area contributed by atoms with Crippen LogP contribution in [0.4, 0.5) is 5.69 Å². The van der Waals surface area contributed by atoms with Crippen LogP contribution < -0.4 is 10.1 Å². The highest BCUT2D eigenvalue weighted by atomic mass is 32.2. The summed E-state index contributed by atoms with van der Waals surface area (Å²) in [7, 11) is 1.57. The van der Waals surface area contributed by atoms with Crippen LogP contribution in [0, 0.1) is 0 Å². The molecule has 2 amide bonds. The molecule has 1 atom stereocenters. The van der Waals surface area contributed by atoms with Crippen LogP contribution in [0.3, 0.4) is 0 Å². The second-order valence-electron chi connectivity index (χ2n) is 6.28. The average molecular weight is 379 g/mol. The van der Waals surface area contributed by atoms with Crippen molar-refractivity contribution in [2.75, 3.05) is 63.3 Å². The van der Waals surface area contributed by atoms with E-state index in [1.165, 1.54) is 0 Å². The van der Waals surface area contributed by atoms with E-state index in [2.05, 4.69) is 5.32 Å². The van der Waals surface area contributed by atoms with Crippen molar-refractivity contribution in [3.05, 3.63) is 24.3 Å². The number of nitrogens with zero attached hydrogens (tertiary/aromatic N) is 2. The van der Waals surface area contributed by atoms with Gasteiger partial charge in [0.1, 0.15) is 11.9 Å². The lowest BCUT2D eigenvalue weighted by Gasteiger charge is -2.35. The lowest BCUT2D eigenvalue weighted by atomic mass is 10.2. The number of rotatable bonds is 5. The number of thioether (sulfide) groups is 1. The Labute approximate surface area is 158 Å². The van der Waals surface area contributed by atoms with Crippen LogP contribution in [0.1, 0.15) is 0 Å². The molecule has 142 valence electrons. The molecular weight excluding hydrogens is 354 g/mol. The number of anilines is 1. The van der Waals surface area contributed by atoms with Crippen LogP contribution in [0.15, 0.2) is 24.3 Å². The maximum Gasteiger partial charge on any atom is 0.253 e. The zero-order valence-electron chi connectivity index (χ0n) is 15.0. The van der Waals surface area contributed by atoms with Crippen LogP contribution in [-0.2, 0) is 14.3 Å². The summed E-state index contributed by atoms with van der Waals surface area (Å²) < 4.78 is 10.9. The molecule has 8 heteroatoms. The molecule has 7 nitrogen and oxygen atoms in total. The molecule has 0 aliphatic carbocycles. The average Bonchev–Trinajstić information content (AvgIpc) is 2.68. The van der Waals surface area contributed by atoms with Crippen LogP contribution in [0.25, 0.3) is 0 Å². The van der Waals surface area contributed by atoms with E-state index in [0.29, 0.717) is 31.1 Å². The molecule has 0 saturated carbocycles. The molecule has 2 aliphatic rings.